The van der Waals surface area contributed by atoms with E-state index < -0.39 is 15.7 Å². The number of rotatable bonds is 4. The lowest BCUT2D eigenvalue weighted by atomic mass is 10.1. The maximum absolute atomic E-state index is 12.9. The molecule has 9 nitrogen and oxygen atoms in total. The molecule has 4 heterocycles. The number of aromatic nitrogens is 2. The molecule has 0 spiro atoms. The molecule has 2 aromatic heterocycles. The number of benzene rings is 1. The largest absolute Gasteiger partial charge is 0.290 e. The number of nitrogens with one attached hydrogen (secondary N) is 1. The second-order valence-electron chi connectivity index (χ2n) is 7.85. The Bertz CT molecular complexity index is 1500. The number of carbonyl (C=O) groups excluding carboxylic acids is 1. The second-order valence-corrected chi connectivity index (χ2v) is 11.4. The first kappa shape index (κ1) is 21.7. The topological polar surface area (TPSA) is 120 Å². The van der Waals surface area contributed by atoms with Crippen LogP contribution in [0.4, 0.5) is 0 Å². The fraction of sp³-hybridized carbons (Fsp3) is 0.190. The summed E-state index contributed by atoms with van der Waals surface area (Å²) >= 11 is 2.24. The van der Waals surface area contributed by atoms with Crippen LogP contribution in [0.1, 0.15) is 19.5 Å². The summed E-state index contributed by atoms with van der Waals surface area (Å²) in [5.41, 5.74) is 2.10. The number of hydrogen-bond donors (Lipinski definition) is 1. The Balaban J connectivity index is 1.62. The molecule has 3 aromatic rings. The fourth-order valence-corrected chi connectivity index (χ4v) is 7.05. The first-order chi connectivity index (χ1) is 15.8. The Morgan fingerprint density at radius 3 is 2.70 bits per heavy atom. The Morgan fingerprint density at radius 1 is 1.21 bits per heavy atom. The first-order valence-electron chi connectivity index (χ1n) is 9.99. The van der Waals surface area contributed by atoms with Gasteiger partial charge in [0.25, 0.3) is 5.91 Å². The van der Waals surface area contributed by atoms with Crippen LogP contribution in [0.3, 0.4) is 0 Å². The predicted molar refractivity (Wildman–Crippen MR) is 132 cm³/mol. The van der Waals surface area contributed by atoms with Crippen LogP contribution < -0.4 is 0 Å². The van der Waals surface area contributed by atoms with Crippen LogP contribution in [0.15, 0.2) is 56.9 Å². The van der Waals surface area contributed by atoms with Crippen LogP contribution in [-0.2, 0) is 14.6 Å². The predicted octanol–water partition coefficient (Wildman–Crippen LogP) is 3.71. The number of amidine groups is 3. The normalized spacial score (nSPS) is 17.8. The Morgan fingerprint density at radius 2 is 1.97 bits per heavy atom. The highest BCUT2D eigenvalue weighted by Gasteiger charge is 2.43. The smallest absolute Gasteiger partial charge is 0.283 e. The van der Waals surface area contributed by atoms with E-state index in [1.54, 1.807) is 19.9 Å². The zero-order valence-electron chi connectivity index (χ0n) is 17.6. The van der Waals surface area contributed by atoms with E-state index >= 15 is 0 Å². The van der Waals surface area contributed by atoms with Gasteiger partial charge >= 0.3 is 0 Å². The van der Waals surface area contributed by atoms with Crippen LogP contribution in [0.25, 0.3) is 22.3 Å². The third-order valence-electron chi connectivity index (χ3n) is 4.95. The van der Waals surface area contributed by atoms with E-state index in [4.69, 9.17) is 10.4 Å². The van der Waals surface area contributed by atoms with Gasteiger partial charge in [-0.1, -0.05) is 44.2 Å². The van der Waals surface area contributed by atoms with Crippen molar-refractivity contribution in [2.75, 3.05) is 5.75 Å². The van der Waals surface area contributed by atoms with E-state index in [1.165, 1.54) is 11.3 Å². The van der Waals surface area contributed by atoms with E-state index in [9.17, 15) is 13.2 Å². The van der Waals surface area contributed by atoms with Gasteiger partial charge in [0, 0.05) is 17.1 Å². The van der Waals surface area contributed by atoms with Gasteiger partial charge in [0.05, 0.1) is 34.7 Å². The minimum atomic E-state index is -3.76. The fourth-order valence-electron chi connectivity index (χ4n) is 3.60. The summed E-state index contributed by atoms with van der Waals surface area (Å²) in [5, 5.41) is 10.4. The van der Waals surface area contributed by atoms with Crippen molar-refractivity contribution in [3.63, 3.8) is 0 Å². The zero-order chi connectivity index (χ0) is 23.3. The van der Waals surface area contributed by atoms with Crippen LogP contribution >= 0.6 is 23.3 Å². The molecule has 0 saturated carbocycles. The van der Waals surface area contributed by atoms with Gasteiger partial charge in [0.1, 0.15) is 5.84 Å². The lowest BCUT2D eigenvalue weighted by molar-refractivity contribution is -0.114. The minimum Gasteiger partial charge on any atom is -0.290 e. The molecule has 0 fully saturated rings. The standard InChI is InChI=1S/C21H18N6O3S3/c1-12(2)11-33(29,30)21-25-32-20-24-18(28)14(17(22)27(20)21)10-15-16(13-6-4-3-5-7-13)23-19-26(15)8-9-31-19/h3-10,12,22H,11H2,1-2H3/b14-10+,22-17?. The number of hydrogen-bond acceptors (Lipinski definition) is 8. The number of fused-ring (bicyclic) bond motifs is 2. The molecule has 12 heteroatoms. The van der Waals surface area contributed by atoms with E-state index in [0.29, 0.717) is 11.4 Å². The maximum Gasteiger partial charge on any atom is 0.283 e. The maximum atomic E-state index is 12.9. The number of imidazole rings is 1. The third kappa shape index (κ3) is 3.73. The molecule has 0 atom stereocenters. The summed E-state index contributed by atoms with van der Waals surface area (Å²) in [6.45, 7) is 3.59. The van der Waals surface area contributed by atoms with Crippen molar-refractivity contribution in [3.05, 3.63) is 53.2 Å². The van der Waals surface area contributed by atoms with E-state index in [0.717, 1.165) is 27.4 Å². The average Bonchev–Trinajstić information content (AvgIpc) is 3.46. The molecule has 0 aliphatic carbocycles. The number of amides is 1. The van der Waals surface area contributed by atoms with Gasteiger partial charge in [-0.25, -0.2) is 18.3 Å². The van der Waals surface area contributed by atoms with Crippen LogP contribution in [-0.4, -0.2) is 50.5 Å². The molecule has 1 amide bonds. The summed E-state index contributed by atoms with van der Waals surface area (Å²) in [5.74, 6) is -1.13. The highest BCUT2D eigenvalue weighted by molar-refractivity contribution is 8.16. The van der Waals surface area contributed by atoms with Crippen LogP contribution in [0.5, 0.6) is 0 Å². The molecule has 0 radical (unpaired) electrons. The average molecular weight is 499 g/mol. The monoisotopic (exact) mass is 498 g/mol. The highest BCUT2D eigenvalue weighted by Crippen LogP contribution is 2.33. The van der Waals surface area contributed by atoms with Gasteiger partial charge in [-0.3, -0.25) is 14.6 Å². The SMILES string of the molecule is CC(C)CS(=O)(=O)C1=NSC2=NC(=O)/C(=C/c3c(-c4ccccc4)nc4sccn34)C(=N)N21. The van der Waals surface area contributed by atoms with Gasteiger partial charge in [-0.05, 0) is 12.0 Å². The first-order valence-corrected chi connectivity index (χ1v) is 13.3. The Hall–Kier alpha value is -3.09. The molecular formula is C21H18N6O3S3. The molecule has 1 aromatic carbocycles. The van der Waals surface area contributed by atoms with Crippen molar-refractivity contribution in [2.45, 2.75) is 13.8 Å². The lowest BCUT2D eigenvalue weighted by Gasteiger charge is -2.24. The number of thiazole rings is 1. The summed E-state index contributed by atoms with van der Waals surface area (Å²) in [6.07, 6.45) is 3.39. The number of carbonyl (C=O) groups is 1. The lowest BCUT2D eigenvalue weighted by Crippen LogP contribution is -2.46. The van der Waals surface area contributed by atoms with Gasteiger partial charge in [-0.15, -0.1) is 11.3 Å². The van der Waals surface area contributed by atoms with Gasteiger partial charge in [0.2, 0.25) is 20.2 Å². The van der Waals surface area contributed by atoms with Crippen molar-refractivity contribution in [2.24, 2.45) is 15.3 Å². The number of sulfone groups is 1. The Labute approximate surface area is 198 Å². The molecule has 2 aliphatic rings. The van der Waals surface area contributed by atoms with Crippen LogP contribution in [0.2, 0.25) is 0 Å². The molecule has 0 saturated heterocycles. The number of aliphatic imine (C=N–C) groups is 1. The molecule has 33 heavy (non-hydrogen) atoms. The van der Waals surface area contributed by atoms with Crippen molar-refractivity contribution in [1.29, 1.82) is 5.41 Å². The molecule has 5 rings (SSSR count). The molecule has 0 unspecified atom stereocenters. The molecular weight excluding hydrogens is 480 g/mol. The molecule has 2 aliphatic heterocycles. The highest BCUT2D eigenvalue weighted by atomic mass is 32.2. The second kappa shape index (κ2) is 8.04. The van der Waals surface area contributed by atoms with E-state index in [-0.39, 0.29) is 33.4 Å². The molecule has 1 N–H and O–H groups in total. The zero-order valence-corrected chi connectivity index (χ0v) is 20.0. The quantitative estimate of drug-likeness (QED) is 0.432. The number of nitrogens with zero attached hydrogens (tertiary/aromatic N) is 5. The van der Waals surface area contributed by atoms with E-state index in [1.807, 2.05) is 46.3 Å². The van der Waals surface area contributed by atoms with Crippen LogP contribution in [0, 0.1) is 11.3 Å². The van der Waals surface area contributed by atoms with Crippen molar-refractivity contribution < 1.29 is 13.2 Å². The summed E-state index contributed by atoms with van der Waals surface area (Å²) in [6, 6.07) is 9.53. The van der Waals surface area contributed by atoms with Gasteiger partial charge in [-0.2, -0.15) is 9.39 Å². The molecule has 168 valence electrons. The van der Waals surface area contributed by atoms with Crippen molar-refractivity contribution in [3.8, 4) is 11.3 Å². The minimum absolute atomic E-state index is 0.0288. The van der Waals surface area contributed by atoms with E-state index in [2.05, 4.69) is 9.39 Å². The van der Waals surface area contributed by atoms with Gasteiger partial charge in [0.15, 0.2) is 4.96 Å². The summed E-state index contributed by atoms with van der Waals surface area (Å²) in [7, 11) is -3.76. The Kier molecular flexibility index (Phi) is 5.30. The van der Waals surface area contributed by atoms with Crippen molar-refractivity contribution >= 4 is 66.2 Å². The van der Waals surface area contributed by atoms with Gasteiger partial charge < -0.3 is 0 Å². The summed E-state index contributed by atoms with van der Waals surface area (Å²) in [4.78, 5) is 23.5. The molecule has 0 bridgehead atoms. The van der Waals surface area contributed by atoms with Crippen molar-refractivity contribution in [1.82, 2.24) is 14.3 Å². The third-order valence-corrected chi connectivity index (χ3v) is 8.46. The summed E-state index contributed by atoms with van der Waals surface area (Å²) < 4.78 is 31.6.